The standard InChI is InChI=1S/C18H20N2O2/c1-13(15-7-4-3-5-8-15)12-19-18(22)16-9-6-10-17(11-16)20-14(2)21/h3-11,13H,12H2,1-2H3,(H,19,22)(H,20,21)/t13-/m1/s1. The summed E-state index contributed by atoms with van der Waals surface area (Å²) in [6, 6.07) is 17.0. The van der Waals surface area contributed by atoms with Crippen LogP contribution in [0.25, 0.3) is 0 Å². The van der Waals surface area contributed by atoms with E-state index in [1.54, 1.807) is 24.3 Å². The lowest BCUT2D eigenvalue weighted by Crippen LogP contribution is -2.27. The molecule has 2 rings (SSSR count). The molecule has 2 N–H and O–H groups in total. The van der Waals surface area contributed by atoms with Crippen LogP contribution < -0.4 is 10.6 Å². The quantitative estimate of drug-likeness (QED) is 0.890. The normalized spacial score (nSPS) is 11.5. The van der Waals surface area contributed by atoms with Crippen molar-refractivity contribution in [3.8, 4) is 0 Å². The summed E-state index contributed by atoms with van der Waals surface area (Å²) in [5.41, 5.74) is 2.34. The van der Waals surface area contributed by atoms with Crippen molar-refractivity contribution in [1.29, 1.82) is 0 Å². The average molecular weight is 296 g/mol. The topological polar surface area (TPSA) is 58.2 Å². The zero-order valence-corrected chi connectivity index (χ0v) is 12.8. The van der Waals surface area contributed by atoms with Gasteiger partial charge in [-0.15, -0.1) is 0 Å². The molecule has 1 atom stereocenters. The van der Waals surface area contributed by atoms with Gasteiger partial charge in [-0.05, 0) is 29.7 Å². The van der Waals surface area contributed by atoms with Crippen LogP contribution in [-0.2, 0) is 4.79 Å². The van der Waals surface area contributed by atoms with Gasteiger partial charge in [-0.25, -0.2) is 0 Å². The molecule has 0 aliphatic rings. The lowest BCUT2D eigenvalue weighted by molar-refractivity contribution is -0.114. The van der Waals surface area contributed by atoms with Gasteiger partial charge < -0.3 is 10.6 Å². The lowest BCUT2D eigenvalue weighted by atomic mass is 10.0. The number of carbonyl (C=O) groups excluding carboxylic acids is 2. The second-order valence-electron chi connectivity index (χ2n) is 5.28. The molecule has 22 heavy (non-hydrogen) atoms. The predicted octanol–water partition coefficient (Wildman–Crippen LogP) is 3.18. The highest BCUT2D eigenvalue weighted by Gasteiger charge is 2.10. The van der Waals surface area contributed by atoms with E-state index in [1.165, 1.54) is 12.5 Å². The molecule has 0 saturated carbocycles. The fraction of sp³-hybridized carbons (Fsp3) is 0.222. The van der Waals surface area contributed by atoms with E-state index in [9.17, 15) is 9.59 Å². The Morgan fingerprint density at radius 1 is 1.05 bits per heavy atom. The summed E-state index contributed by atoms with van der Waals surface area (Å²) in [7, 11) is 0. The van der Waals surface area contributed by atoms with Crippen molar-refractivity contribution in [2.75, 3.05) is 11.9 Å². The minimum Gasteiger partial charge on any atom is -0.351 e. The van der Waals surface area contributed by atoms with Gasteiger partial charge in [0.1, 0.15) is 0 Å². The first kappa shape index (κ1) is 15.8. The third kappa shape index (κ3) is 4.45. The van der Waals surface area contributed by atoms with E-state index in [1.807, 2.05) is 30.3 Å². The molecule has 2 aromatic carbocycles. The Labute approximate surface area is 130 Å². The van der Waals surface area contributed by atoms with Crippen LogP contribution in [0.2, 0.25) is 0 Å². The Morgan fingerprint density at radius 2 is 1.77 bits per heavy atom. The molecule has 114 valence electrons. The van der Waals surface area contributed by atoms with Crippen molar-refractivity contribution in [3.63, 3.8) is 0 Å². The van der Waals surface area contributed by atoms with Crippen LogP contribution in [0.1, 0.15) is 35.7 Å². The second-order valence-corrected chi connectivity index (χ2v) is 5.28. The SMILES string of the molecule is CC(=O)Nc1cccc(C(=O)NC[C@@H](C)c2ccccc2)c1. The van der Waals surface area contributed by atoms with E-state index in [0.717, 1.165) is 0 Å². The third-order valence-electron chi connectivity index (χ3n) is 3.38. The molecular weight excluding hydrogens is 276 g/mol. The Kier molecular flexibility index (Phi) is 5.31. The summed E-state index contributed by atoms with van der Waals surface area (Å²) < 4.78 is 0. The van der Waals surface area contributed by atoms with Crippen molar-refractivity contribution in [3.05, 3.63) is 65.7 Å². The van der Waals surface area contributed by atoms with Gasteiger partial charge in [0.15, 0.2) is 0 Å². The van der Waals surface area contributed by atoms with E-state index in [4.69, 9.17) is 0 Å². The fourth-order valence-electron chi connectivity index (χ4n) is 2.19. The molecule has 0 aliphatic heterocycles. The van der Waals surface area contributed by atoms with Gasteiger partial charge in [-0.1, -0.05) is 43.3 Å². The van der Waals surface area contributed by atoms with E-state index >= 15 is 0 Å². The van der Waals surface area contributed by atoms with E-state index in [2.05, 4.69) is 17.6 Å². The first-order valence-electron chi connectivity index (χ1n) is 7.27. The molecule has 0 unspecified atom stereocenters. The van der Waals surface area contributed by atoms with Crippen LogP contribution in [0.4, 0.5) is 5.69 Å². The van der Waals surface area contributed by atoms with Crippen LogP contribution in [0.15, 0.2) is 54.6 Å². The van der Waals surface area contributed by atoms with Crippen LogP contribution >= 0.6 is 0 Å². The maximum Gasteiger partial charge on any atom is 0.251 e. The molecule has 0 aliphatic carbocycles. The summed E-state index contributed by atoms with van der Waals surface area (Å²) in [6.07, 6.45) is 0. The molecule has 2 amide bonds. The molecule has 0 saturated heterocycles. The molecule has 0 bridgehead atoms. The maximum absolute atomic E-state index is 12.2. The molecule has 0 spiro atoms. The molecule has 0 heterocycles. The number of amides is 2. The highest BCUT2D eigenvalue weighted by Crippen LogP contribution is 2.14. The Balaban J connectivity index is 1.96. The number of anilines is 1. The monoisotopic (exact) mass is 296 g/mol. The molecule has 2 aromatic rings. The summed E-state index contributed by atoms with van der Waals surface area (Å²) >= 11 is 0. The van der Waals surface area contributed by atoms with Gasteiger partial charge in [0.25, 0.3) is 5.91 Å². The van der Waals surface area contributed by atoms with Crippen molar-refractivity contribution >= 4 is 17.5 Å². The zero-order valence-electron chi connectivity index (χ0n) is 12.8. The van der Waals surface area contributed by atoms with Crippen molar-refractivity contribution in [2.24, 2.45) is 0 Å². The second kappa shape index (κ2) is 7.41. The molecule has 0 fully saturated rings. The smallest absolute Gasteiger partial charge is 0.251 e. The first-order chi connectivity index (χ1) is 10.6. The van der Waals surface area contributed by atoms with Crippen LogP contribution in [0.3, 0.4) is 0 Å². The highest BCUT2D eigenvalue weighted by atomic mass is 16.2. The van der Waals surface area contributed by atoms with Crippen LogP contribution in [0.5, 0.6) is 0 Å². The Bertz CT molecular complexity index is 653. The number of rotatable bonds is 5. The number of nitrogens with one attached hydrogen (secondary N) is 2. The molecule has 0 aromatic heterocycles. The summed E-state index contributed by atoms with van der Waals surface area (Å²) in [5, 5.41) is 5.60. The average Bonchev–Trinajstić information content (AvgIpc) is 2.52. The molecular formula is C18H20N2O2. The van der Waals surface area contributed by atoms with Crippen molar-refractivity contribution in [1.82, 2.24) is 5.32 Å². The Hall–Kier alpha value is -2.62. The molecule has 4 nitrogen and oxygen atoms in total. The van der Waals surface area contributed by atoms with Gasteiger partial charge in [-0.2, -0.15) is 0 Å². The summed E-state index contributed by atoms with van der Waals surface area (Å²) in [5.74, 6) is -0.0612. The molecule has 4 heteroatoms. The number of hydrogen-bond donors (Lipinski definition) is 2. The first-order valence-corrected chi connectivity index (χ1v) is 7.27. The number of hydrogen-bond acceptors (Lipinski definition) is 2. The van der Waals surface area contributed by atoms with Crippen LogP contribution in [-0.4, -0.2) is 18.4 Å². The molecule has 0 radical (unpaired) electrons. The lowest BCUT2D eigenvalue weighted by Gasteiger charge is -2.13. The minimum absolute atomic E-state index is 0.144. The van der Waals surface area contributed by atoms with Gasteiger partial charge in [-0.3, -0.25) is 9.59 Å². The zero-order chi connectivity index (χ0) is 15.9. The predicted molar refractivity (Wildman–Crippen MR) is 87.9 cm³/mol. The van der Waals surface area contributed by atoms with Gasteiger partial charge in [0.05, 0.1) is 0 Å². The van der Waals surface area contributed by atoms with Crippen molar-refractivity contribution in [2.45, 2.75) is 19.8 Å². The number of carbonyl (C=O) groups is 2. The Morgan fingerprint density at radius 3 is 2.45 bits per heavy atom. The maximum atomic E-state index is 12.2. The van der Waals surface area contributed by atoms with Gasteiger partial charge in [0.2, 0.25) is 5.91 Å². The largest absolute Gasteiger partial charge is 0.351 e. The third-order valence-corrected chi connectivity index (χ3v) is 3.38. The van der Waals surface area contributed by atoms with E-state index in [-0.39, 0.29) is 17.7 Å². The van der Waals surface area contributed by atoms with E-state index < -0.39 is 0 Å². The summed E-state index contributed by atoms with van der Waals surface area (Å²) in [6.45, 7) is 4.07. The van der Waals surface area contributed by atoms with Gasteiger partial charge >= 0.3 is 0 Å². The van der Waals surface area contributed by atoms with E-state index in [0.29, 0.717) is 17.8 Å². The van der Waals surface area contributed by atoms with Gasteiger partial charge in [0, 0.05) is 24.7 Å². The minimum atomic E-state index is -0.157. The fourth-order valence-corrected chi connectivity index (χ4v) is 2.19. The van der Waals surface area contributed by atoms with Crippen LogP contribution in [0, 0.1) is 0 Å². The van der Waals surface area contributed by atoms with Crippen molar-refractivity contribution < 1.29 is 9.59 Å². The number of benzene rings is 2. The summed E-state index contributed by atoms with van der Waals surface area (Å²) in [4.78, 5) is 23.2. The highest BCUT2D eigenvalue weighted by molar-refractivity contribution is 5.96.